The summed E-state index contributed by atoms with van der Waals surface area (Å²) in [5.41, 5.74) is 6.64. The van der Waals surface area contributed by atoms with Crippen LogP contribution < -0.4 is 10.5 Å². The van der Waals surface area contributed by atoms with Crippen molar-refractivity contribution in [3.63, 3.8) is 0 Å². The number of anilines is 1. The molecule has 0 saturated carbocycles. The van der Waals surface area contributed by atoms with Gasteiger partial charge < -0.3 is 15.2 Å². The van der Waals surface area contributed by atoms with E-state index in [2.05, 4.69) is 0 Å². The predicted octanol–water partition coefficient (Wildman–Crippen LogP) is 2.40. The van der Waals surface area contributed by atoms with Gasteiger partial charge in [0.15, 0.2) is 6.79 Å². The van der Waals surface area contributed by atoms with Crippen LogP contribution in [0.4, 0.5) is 5.69 Å². The highest BCUT2D eigenvalue weighted by molar-refractivity contribution is 5.95. The number of rotatable bonds is 3. The quantitative estimate of drug-likeness (QED) is 0.615. The third-order valence-electron chi connectivity index (χ3n) is 2.26. The summed E-state index contributed by atoms with van der Waals surface area (Å²) in [5, 5.41) is 2.12. The minimum Gasteiger partial charge on any atom is -0.465 e. The first-order valence-corrected chi connectivity index (χ1v) is 4.72. The molecule has 0 bridgehead atoms. The SMILES string of the molecule is COCOc1ccc2ccccc2c1N. The van der Waals surface area contributed by atoms with Crippen LogP contribution in [0.1, 0.15) is 0 Å². The van der Waals surface area contributed by atoms with E-state index in [4.69, 9.17) is 15.2 Å². The summed E-state index contributed by atoms with van der Waals surface area (Å²) in [4.78, 5) is 0. The van der Waals surface area contributed by atoms with Gasteiger partial charge in [-0.1, -0.05) is 30.3 Å². The van der Waals surface area contributed by atoms with Crippen LogP contribution in [0.25, 0.3) is 10.8 Å². The van der Waals surface area contributed by atoms with Crippen molar-refractivity contribution in [1.29, 1.82) is 0 Å². The molecule has 0 atom stereocenters. The molecule has 2 rings (SSSR count). The Morgan fingerprint density at radius 1 is 1.13 bits per heavy atom. The highest BCUT2D eigenvalue weighted by Gasteiger charge is 2.04. The molecule has 0 radical (unpaired) electrons. The molecular formula is C12H13NO2. The largest absolute Gasteiger partial charge is 0.465 e. The van der Waals surface area contributed by atoms with Crippen molar-refractivity contribution in [2.45, 2.75) is 0 Å². The van der Waals surface area contributed by atoms with E-state index < -0.39 is 0 Å². The smallest absolute Gasteiger partial charge is 0.188 e. The first kappa shape index (κ1) is 9.80. The molecule has 2 aromatic rings. The molecule has 0 spiro atoms. The van der Waals surface area contributed by atoms with E-state index in [0.29, 0.717) is 11.4 Å². The average Bonchev–Trinajstić information content (AvgIpc) is 2.29. The second kappa shape index (κ2) is 4.19. The maximum Gasteiger partial charge on any atom is 0.188 e. The fourth-order valence-electron chi connectivity index (χ4n) is 1.52. The standard InChI is InChI=1S/C12H13NO2/c1-14-8-15-11-7-6-9-4-2-3-5-10(9)12(11)13/h2-7H,8,13H2,1H3. The number of benzene rings is 2. The molecule has 78 valence electrons. The second-order valence-electron chi connectivity index (χ2n) is 3.25. The van der Waals surface area contributed by atoms with E-state index in [1.165, 1.54) is 0 Å². The molecule has 15 heavy (non-hydrogen) atoms. The van der Waals surface area contributed by atoms with Crippen molar-refractivity contribution >= 4 is 16.5 Å². The number of nitrogens with two attached hydrogens (primary N) is 1. The Kier molecular flexibility index (Phi) is 2.74. The Bertz CT molecular complexity index is 468. The van der Waals surface area contributed by atoms with Crippen LogP contribution in [0.5, 0.6) is 5.75 Å². The van der Waals surface area contributed by atoms with E-state index in [0.717, 1.165) is 10.8 Å². The molecule has 0 aliphatic heterocycles. The summed E-state index contributed by atoms with van der Waals surface area (Å²) in [5.74, 6) is 0.663. The molecule has 0 fully saturated rings. The topological polar surface area (TPSA) is 44.5 Å². The maximum absolute atomic E-state index is 5.98. The average molecular weight is 203 g/mol. The van der Waals surface area contributed by atoms with Crippen molar-refractivity contribution in [2.24, 2.45) is 0 Å². The van der Waals surface area contributed by atoms with Crippen LogP contribution >= 0.6 is 0 Å². The molecule has 3 heteroatoms. The third-order valence-corrected chi connectivity index (χ3v) is 2.26. The van der Waals surface area contributed by atoms with E-state index in [-0.39, 0.29) is 6.79 Å². The lowest BCUT2D eigenvalue weighted by Gasteiger charge is -2.09. The van der Waals surface area contributed by atoms with Gasteiger partial charge in [-0.25, -0.2) is 0 Å². The fourth-order valence-corrected chi connectivity index (χ4v) is 1.52. The molecule has 0 heterocycles. The molecule has 0 saturated heterocycles. The predicted molar refractivity (Wildman–Crippen MR) is 60.9 cm³/mol. The zero-order valence-electron chi connectivity index (χ0n) is 8.57. The van der Waals surface area contributed by atoms with Gasteiger partial charge in [-0.3, -0.25) is 0 Å². The number of ether oxygens (including phenoxy) is 2. The molecule has 0 unspecified atom stereocenters. The van der Waals surface area contributed by atoms with Gasteiger partial charge >= 0.3 is 0 Å². The molecule has 2 N–H and O–H groups in total. The number of hydrogen-bond donors (Lipinski definition) is 1. The van der Waals surface area contributed by atoms with Crippen LogP contribution in [-0.4, -0.2) is 13.9 Å². The highest BCUT2D eigenvalue weighted by atomic mass is 16.7. The van der Waals surface area contributed by atoms with Crippen molar-refractivity contribution < 1.29 is 9.47 Å². The minimum atomic E-state index is 0.211. The van der Waals surface area contributed by atoms with Gasteiger partial charge in [0.2, 0.25) is 0 Å². The van der Waals surface area contributed by atoms with Gasteiger partial charge in [0.1, 0.15) is 5.75 Å². The van der Waals surface area contributed by atoms with E-state index in [1.54, 1.807) is 7.11 Å². The third kappa shape index (κ3) is 1.87. The highest BCUT2D eigenvalue weighted by Crippen LogP contribution is 2.30. The lowest BCUT2D eigenvalue weighted by atomic mass is 10.1. The van der Waals surface area contributed by atoms with Crippen molar-refractivity contribution in [3.8, 4) is 5.75 Å². The number of hydrogen-bond acceptors (Lipinski definition) is 3. The van der Waals surface area contributed by atoms with Crippen molar-refractivity contribution in [2.75, 3.05) is 19.6 Å². The normalized spacial score (nSPS) is 10.5. The van der Waals surface area contributed by atoms with Gasteiger partial charge in [-0.05, 0) is 11.5 Å². The summed E-state index contributed by atoms with van der Waals surface area (Å²) < 4.78 is 10.2. The Balaban J connectivity index is 2.45. The monoisotopic (exact) mass is 203 g/mol. The van der Waals surface area contributed by atoms with Crippen LogP contribution in [0, 0.1) is 0 Å². The minimum absolute atomic E-state index is 0.211. The molecule has 0 aliphatic carbocycles. The second-order valence-corrected chi connectivity index (χ2v) is 3.25. The Labute approximate surface area is 88.4 Å². The van der Waals surface area contributed by atoms with E-state index in [1.807, 2.05) is 36.4 Å². The molecule has 2 aromatic carbocycles. The number of methoxy groups -OCH3 is 1. The zero-order chi connectivity index (χ0) is 10.7. The van der Waals surface area contributed by atoms with E-state index >= 15 is 0 Å². The lowest BCUT2D eigenvalue weighted by Crippen LogP contribution is -2.01. The molecule has 0 aliphatic rings. The molecule has 3 nitrogen and oxygen atoms in total. The van der Waals surface area contributed by atoms with Gasteiger partial charge in [0, 0.05) is 12.5 Å². The maximum atomic E-state index is 5.98. The summed E-state index contributed by atoms with van der Waals surface area (Å²) in [6.45, 7) is 0.211. The zero-order valence-corrected chi connectivity index (χ0v) is 8.57. The van der Waals surface area contributed by atoms with Crippen molar-refractivity contribution in [1.82, 2.24) is 0 Å². The van der Waals surface area contributed by atoms with Gasteiger partial charge in [0.25, 0.3) is 0 Å². The van der Waals surface area contributed by atoms with Crippen LogP contribution in [0.15, 0.2) is 36.4 Å². The molecule has 0 aromatic heterocycles. The molecule has 0 amide bonds. The Hall–Kier alpha value is -1.74. The van der Waals surface area contributed by atoms with Gasteiger partial charge in [-0.2, -0.15) is 0 Å². The first-order chi connectivity index (χ1) is 7.33. The van der Waals surface area contributed by atoms with Gasteiger partial charge in [0.05, 0.1) is 5.69 Å². The summed E-state index contributed by atoms with van der Waals surface area (Å²) in [6, 6.07) is 11.8. The van der Waals surface area contributed by atoms with E-state index in [9.17, 15) is 0 Å². The summed E-state index contributed by atoms with van der Waals surface area (Å²) >= 11 is 0. The fraction of sp³-hybridized carbons (Fsp3) is 0.167. The van der Waals surface area contributed by atoms with Crippen LogP contribution in [0.3, 0.4) is 0 Å². The number of nitrogen functional groups attached to an aromatic ring is 1. The van der Waals surface area contributed by atoms with Crippen LogP contribution in [-0.2, 0) is 4.74 Å². The van der Waals surface area contributed by atoms with Crippen LogP contribution in [0.2, 0.25) is 0 Å². The summed E-state index contributed by atoms with van der Waals surface area (Å²) in [6.07, 6.45) is 0. The molecular weight excluding hydrogens is 190 g/mol. The Morgan fingerprint density at radius 2 is 1.93 bits per heavy atom. The van der Waals surface area contributed by atoms with Crippen molar-refractivity contribution in [3.05, 3.63) is 36.4 Å². The lowest BCUT2D eigenvalue weighted by molar-refractivity contribution is 0.0517. The Morgan fingerprint density at radius 3 is 2.73 bits per heavy atom. The van der Waals surface area contributed by atoms with Gasteiger partial charge in [-0.15, -0.1) is 0 Å². The summed E-state index contributed by atoms with van der Waals surface area (Å²) in [7, 11) is 1.58. The number of fused-ring (bicyclic) bond motifs is 1. The first-order valence-electron chi connectivity index (χ1n) is 4.72.